The Labute approximate surface area is 209 Å². The zero-order valence-electron chi connectivity index (χ0n) is 20.4. The number of carbonyl (C=O) groups is 2. The number of aromatic nitrogens is 2. The maximum atomic E-state index is 12.4. The molecule has 0 bridgehead atoms. The lowest BCUT2D eigenvalue weighted by molar-refractivity contribution is -0.118. The summed E-state index contributed by atoms with van der Waals surface area (Å²) in [6.07, 6.45) is 0.603. The second kappa shape index (κ2) is 10.3. The van der Waals surface area contributed by atoms with Crippen LogP contribution in [-0.2, 0) is 23.7 Å². The summed E-state index contributed by atoms with van der Waals surface area (Å²) >= 11 is 1.42. The van der Waals surface area contributed by atoms with Crippen LogP contribution in [0.25, 0.3) is 11.0 Å². The third kappa shape index (κ3) is 6.08. The maximum Gasteiger partial charge on any atom is 0.262 e. The number of imidazole rings is 1. The summed E-state index contributed by atoms with van der Waals surface area (Å²) in [5.41, 5.74) is 3.67. The standard InChI is InChI=1S/C27H30N4O3S/c1-27(2,3)18-7-10-20(11-8-18)34-17-25(32)29-19-9-12-22-21(16-19)30-24(31(22)4)13-14-28-26(33)23-6-5-15-35-23/h5-12,15-16H,13-14,17H2,1-4H3,(H,28,33)(H,29,32). The van der Waals surface area contributed by atoms with Gasteiger partial charge in [-0.2, -0.15) is 0 Å². The summed E-state index contributed by atoms with van der Waals surface area (Å²) in [5, 5.41) is 7.68. The van der Waals surface area contributed by atoms with E-state index in [1.54, 1.807) is 6.07 Å². The van der Waals surface area contributed by atoms with Gasteiger partial charge in [0.05, 0.1) is 15.9 Å². The van der Waals surface area contributed by atoms with E-state index in [0.29, 0.717) is 29.3 Å². The third-order valence-corrected chi connectivity index (χ3v) is 6.60. The zero-order valence-corrected chi connectivity index (χ0v) is 21.2. The average molecular weight is 491 g/mol. The highest BCUT2D eigenvalue weighted by molar-refractivity contribution is 7.12. The van der Waals surface area contributed by atoms with E-state index >= 15 is 0 Å². The first-order valence-electron chi connectivity index (χ1n) is 11.5. The molecule has 0 saturated carbocycles. The van der Waals surface area contributed by atoms with Gasteiger partial charge in [0, 0.05) is 25.7 Å². The Bertz CT molecular complexity index is 1320. The first-order chi connectivity index (χ1) is 16.7. The molecule has 2 amide bonds. The highest BCUT2D eigenvalue weighted by atomic mass is 32.1. The van der Waals surface area contributed by atoms with Crippen molar-refractivity contribution >= 4 is 39.9 Å². The van der Waals surface area contributed by atoms with Gasteiger partial charge in [-0.1, -0.05) is 39.0 Å². The Hall–Kier alpha value is -3.65. The van der Waals surface area contributed by atoms with Crippen molar-refractivity contribution in [1.82, 2.24) is 14.9 Å². The van der Waals surface area contributed by atoms with Gasteiger partial charge in [-0.25, -0.2) is 4.98 Å². The molecule has 0 atom stereocenters. The Balaban J connectivity index is 1.32. The molecule has 8 heteroatoms. The second-order valence-corrected chi connectivity index (χ2v) is 10.3. The van der Waals surface area contributed by atoms with Crippen molar-refractivity contribution in [3.63, 3.8) is 0 Å². The van der Waals surface area contributed by atoms with Crippen molar-refractivity contribution in [2.24, 2.45) is 7.05 Å². The molecule has 0 aliphatic rings. The number of rotatable bonds is 8. The monoisotopic (exact) mass is 490 g/mol. The Morgan fingerprint density at radius 3 is 2.54 bits per heavy atom. The lowest BCUT2D eigenvalue weighted by Crippen LogP contribution is -2.25. The number of hydrogen-bond donors (Lipinski definition) is 2. The van der Waals surface area contributed by atoms with Crippen LogP contribution in [0.1, 0.15) is 41.8 Å². The average Bonchev–Trinajstić information content (AvgIpc) is 3.46. The predicted octanol–water partition coefficient (Wildman–Crippen LogP) is 4.92. The lowest BCUT2D eigenvalue weighted by atomic mass is 9.87. The molecule has 0 saturated heterocycles. The summed E-state index contributed by atoms with van der Waals surface area (Å²) in [6, 6.07) is 17.1. The maximum absolute atomic E-state index is 12.4. The molecule has 2 aromatic carbocycles. The minimum Gasteiger partial charge on any atom is -0.484 e. The van der Waals surface area contributed by atoms with Crippen LogP contribution in [0.3, 0.4) is 0 Å². The summed E-state index contributed by atoms with van der Waals surface area (Å²) in [5.74, 6) is 1.20. The van der Waals surface area contributed by atoms with Crippen LogP contribution >= 0.6 is 11.3 Å². The Kier molecular flexibility index (Phi) is 7.21. The highest BCUT2D eigenvalue weighted by Gasteiger charge is 2.14. The fourth-order valence-electron chi connectivity index (χ4n) is 3.73. The number of benzene rings is 2. The van der Waals surface area contributed by atoms with Crippen LogP contribution in [0, 0.1) is 0 Å². The molecule has 0 radical (unpaired) electrons. The van der Waals surface area contributed by atoms with E-state index in [4.69, 9.17) is 9.72 Å². The zero-order chi connectivity index (χ0) is 25.0. The Morgan fingerprint density at radius 2 is 1.86 bits per heavy atom. The molecule has 2 aromatic heterocycles. The van der Waals surface area contributed by atoms with Crippen LogP contribution < -0.4 is 15.4 Å². The highest BCUT2D eigenvalue weighted by Crippen LogP contribution is 2.24. The van der Waals surface area contributed by atoms with Crippen LogP contribution in [0.5, 0.6) is 5.75 Å². The molecule has 4 aromatic rings. The van der Waals surface area contributed by atoms with Gasteiger partial charge >= 0.3 is 0 Å². The molecular weight excluding hydrogens is 460 g/mol. The topological polar surface area (TPSA) is 85.3 Å². The van der Waals surface area contributed by atoms with Crippen molar-refractivity contribution in [3.05, 3.63) is 76.2 Å². The minimum atomic E-state index is -0.239. The van der Waals surface area contributed by atoms with E-state index in [2.05, 4.69) is 31.4 Å². The number of hydrogen-bond acceptors (Lipinski definition) is 5. The van der Waals surface area contributed by atoms with Gasteiger partial charge in [0.25, 0.3) is 11.8 Å². The molecule has 7 nitrogen and oxygen atoms in total. The normalized spacial score (nSPS) is 11.4. The first-order valence-corrected chi connectivity index (χ1v) is 12.4. The van der Waals surface area contributed by atoms with Crippen LogP contribution in [0.2, 0.25) is 0 Å². The largest absolute Gasteiger partial charge is 0.484 e. The number of nitrogens with zero attached hydrogens (tertiary/aromatic N) is 2. The number of fused-ring (bicyclic) bond motifs is 1. The number of anilines is 1. The van der Waals surface area contributed by atoms with Crippen molar-refractivity contribution in [1.29, 1.82) is 0 Å². The van der Waals surface area contributed by atoms with Gasteiger partial charge in [0.2, 0.25) is 0 Å². The van der Waals surface area contributed by atoms with Gasteiger partial charge in [-0.05, 0) is 52.8 Å². The third-order valence-electron chi connectivity index (χ3n) is 5.73. The van der Waals surface area contributed by atoms with E-state index < -0.39 is 0 Å². The van der Waals surface area contributed by atoms with Crippen LogP contribution in [-0.4, -0.2) is 34.5 Å². The number of ether oxygens (including phenoxy) is 1. The SMILES string of the molecule is Cn1c(CCNC(=O)c2cccs2)nc2cc(NC(=O)COc3ccc(C(C)(C)C)cc3)ccc21. The molecule has 0 unspecified atom stereocenters. The van der Waals surface area contributed by atoms with Gasteiger partial charge in [-0.15, -0.1) is 11.3 Å². The van der Waals surface area contributed by atoms with Crippen LogP contribution in [0.4, 0.5) is 5.69 Å². The van der Waals surface area contributed by atoms with Crippen molar-refractivity contribution in [2.75, 3.05) is 18.5 Å². The summed E-state index contributed by atoms with van der Waals surface area (Å²) in [7, 11) is 1.95. The molecule has 0 fully saturated rings. The predicted molar refractivity (Wildman–Crippen MR) is 140 cm³/mol. The lowest BCUT2D eigenvalue weighted by Gasteiger charge is -2.19. The summed E-state index contributed by atoms with van der Waals surface area (Å²) < 4.78 is 7.65. The van der Waals surface area contributed by atoms with Gasteiger partial charge in [-0.3, -0.25) is 9.59 Å². The van der Waals surface area contributed by atoms with E-state index in [0.717, 1.165) is 16.9 Å². The minimum absolute atomic E-state index is 0.0674. The van der Waals surface area contributed by atoms with Crippen LogP contribution in [0.15, 0.2) is 60.0 Å². The number of nitrogens with one attached hydrogen (secondary N) is 2. The molecule has 0 aliphatic carbocycles. The van der Waals surface area contributed by atoms with Crippen molar-refractivity contribution in [3.8, 4) is 5.75 Å². The molecule has 4 rings (SSSR count). The number of aryl methyl sites for hydroxylation is 1. The fraction of sp³-hybridized carbons (Fsp3) is 0.296. The number of carbonyl (C=O) groups excluding carboxylic acids is 2. The summed E-state index contributed by atoms with van der Waals surface area (Å²) in [4.78, 5) is 29.9. The summed E-state index contributed by atoms with van der Waals surface area (Å²) in [6.45, 7) is 6.88. The smallest absolute Gasteiger partial charge is 0.262 e. The number of thiophene rings is 1. The van der Waals surface area contributed by atoms with E-state index in [1.165, 1.54) is 16.9 Å². The van der Waals surface area contributed by atoms with Crippen molar-refractivity contribution < 1.29 is 14.3 Å². The van der Waals surface area contributed by atoms with Crippen molar-refractivity contribution in [2.45, 2.75) is 32.6 Å². The van der Waals surface area contributed by atoms with Gasteiger partial charge in [0.15, 0.2) is 6.61 Å². The quantitative estimate of drug-likeness (QED) is 0.367. The van der Waals surface area contributed by atoms with E-state index in [9.17, 15) is 9.59 Å². The Morgan fingerprint density at radius 1 is 1.09 bits per heavy atom. The molecular formula is C27H30N4O3S. The van der Waals surface area contributed by atoms with E-state index in [-0.39, 0.29) is 23.8 Å². The second-order valence-electron chi connectivity index (χ2n) is 9.38. The van der Waals surface area contributed by atoms with Gasteiger partial charge < -0.3 is 19.9 Å². The fourth-order valence-corrected chi connectivity index (χ4v) is 4.37. The molecule has 2 heterocycles. The van der Waals surface area contributed by atoms with Gasteiger partial charge in [0.1, 0.15) is 11.6 Å². The molecule has 0 spiro atoms. The molecule has 35 heavy (non-hydrogen) atoms. The first kappa shape index (κ1) is 24.5. The molecule has 0 aliphatic heterocycles. The molecule has 2 N–H and O–H groups in total. The number of amides is 2. The molecule has 182 valence electrons. The van der Waals surface area contributed by atoms with E-state index in [1.807, 2.05) is 65.5 Å².